The summed E-state index contributed by atoms with van der Waals surface area (Å²) in [6.45, 7) is 4.88. The fourth-order valence-corrected chi connectivity index (χ4v) is 6.86. The largest absolute Gasteiger partial charge is 0.494 e. The van der Waals surface area contributed by atoms with Gasteiger partial charge in [0, 0.05) is 34.6 Å². The van der Waals surface area contributed by atoms with Gasteiger partial charge >= 0.3 is 0 Å². The molecule has 8 nitrogen and oxygen atoms in total. The molecular formula is C35H36Cl2FN3O5S. The summed E-state index contributed by atoms with van der Waals surface area (Å²) in [4.78, 5) is 29.5. The third kappa shape index (κ3) is 9.24. The van der Waals surface area contributed by atoms with Crippen LogP contribution in [-0.4, -0.2) is 50.4 Å². The van der Waals surface area contributed by atoms with Crippen molar-refractivity contribution in [3.05, 3.63) is 124 Å². The van der Waals surface area contributed by atoms with Crippen molar-refractivity contribution in [3.8, 4) is 5.75 Å². The third-order valence-corrected chi connectivity index (χ3v) is 9.70. The molecular weight excluding hydrogens is 664 g/mol. The predicted molar refractivity (Wildman–Crippen MR) is 183 cm³/mol. The minimum atomic E-state index is -4.39. The predicted octanol–water partition coefficient (Wildman–Crippen LogP) is 6.89. The molecule has 0 bridgehead atoms. The molecule has 0 fully saturated rings. The summed E-state index contributed by atoms with van der Waals surface area (Å²) in [6.07, 6.45) is 0.120. The van der Waals surface area contributed by atoms with E-state index in [1.807, 2.05) is 30.3 Å². The lowest BCUT2D eigenvalue weighted by atomic mass is 10.0. The monoisotopic (exact) mass is 699 g/mol. The summed E-state index contributed by atoms with van der Waals surface area (Å²) in [5.41, 5.74) is 1.22. The van der Waals surface area contributed by atoms with E-state index in [-0.39, 0.29) is 39.6 Å². The van der Waals surface area contributed by atoms with Gasteiger partial charge in [-0.05, 0) is 87.0 Å². The molecule has 1 unspecified atom stereocenters. The lowest BCUT2D eigenvalue weighted by molar-refractivity contribution is -0.140. The number of hydrogen-bond acceptors (Lipinski definition) is 5. The molecule has 1 N–H and O–H groups in total. The van der Waals surface area contributed by atoms with Gasteiger partial charge in [-0.3, -0.25) is 13.9 Å². The zero-order valence-corrected chi connectivity index (χ0v) is 28.5. The zero-order valence-electron chi connectivity index (χ0n) is 26.2. The zero-order chi connectivity index (χ0) is 34.1. The molecule has 2 amide bonds. The third-order valence-electron chi connectivity index (χ3n) is 7.21. The Morgan fingerprint density at radius 1 is 0.872 bits per heavy atom. The maximum absolute atomic E-state index is 14.5. The highest BCUT2D eigenvalue weighted by molar-refractivity contribution is 7.92. The smallest absolute Gasteiger partial charge is 0.264 e. The first-order valence-electron chi connectivity index (χ1n) is 15.0. The Morgan fingerprint density at radius 3 is 2.06 bits per heavy atom. The van der Waals surface area contributed by atoms with Crippen molar-refractivity contribution in [1.29, 1.82) is 0 Å². The first-order chi connectivity index (χ1) is 22.4. The molecule has 4 rings (SSSR count). The van der Waals surface area contributed by atoms with E-state index in [0.29, 0.717) is 17.9 Å². The molecule has 0 radical (unpaired) electrons. The van der Waals surface area contributed by atoms with E-state index in [1.54, 1.807) is 39.0 Å². The van der Waals surface area contributed by atoms with Gasteiger partial charge in [-0.25, -0.2) is 12.8 Å². The number of nitrogens with one attached hydrogen (secondary N) is 1. The highest BCUT2D eigenvalue weighted by atomic mass is 35.5. The Labute approximate surface area is 285 Å². The van der Waals surface area contributed by atoms with E-state index < -0.39 is 40.2 Å². The molecule has 4 aromatic carbocycles. The highest BCUT2D eigenvalue weighted by Crippen LogP contribution is 2.29. The summed E-state index contributed by atoms with van der Waals surface area (Å²) in [5, 5.41) is 3.44. The van der Waals surface area contributed by atoms with Crippen molar-refractivity contribution in [2.24, 2.45) is 0 Å². The van der Waals surface area contributed by atoms with Crippen molar-refractivity contribution in [2.75, 3.05) is 17.5 Å². The molecule has 0 spiro atoms. The normalized spacial score (nSPS) is 12.0. The van der Waals surface area contributed by atoms with Gasteiger partial charge in [0.15, 0.2) is 0 Å². The van der Waals surface area contributed by atoms with Gasteiger partial charge in [0.05, 0.1) is 17.2 Å². The van der Waals surface area contributed by atoms with Crippen molar-refractivity contribution < 1.29 is 27.1 Å². The molecule has 0 saturated carbocycles. The van der Waals surface area contributed by atoms with Crippen LogP contribution in [0.1, 0.15) is 31.9 Å². The second-order valence-electron chi connectivity index (χ2n) is 11.0. The number of rotatable bonds is 14. The Morgan fingerprint density at radius 2 is 1.49 bits per heavy atom. The van der Waals surface area contributed by atoms with Crippen LogP contribution in [-0.2, 0) is 32.6 Å². The van der Waals surface area contributed by atoms with Gasteiger partial charge in [-0.1, -0.05) is 59.6 Å². The SMILES string of the molecule is CCOc1ccc(S(=O)(=O)N(CC(=O)N(Cc2c(Cl)cccc2Cl)C(Cc2ccccc2)C(=O)NC(C)C)c2ccc(F)cc2)cc1. The van der Waals surface area contributed by atoms with Crippen molar-refractivity contribution in [3.63, 3.8) is 0 Å². The molecule has 0 heterocycles. The second-order valence-corrected chi connectivity index (χ2v) is 13.7. The molecule has 0 aromatic heterocycles. The Kier molecular flexibility index (Phi) is 12.3. The topological polar surface area (TPSA) is 96.0 Å². The van der Waals surface area contributed by atoms with Gasteiger partial charge in [0.1, 0.15) is 24.2 Å². The van der Waals surface area contributed by atoms with Gasteiger partial charge in [0.25, 0.3) is 10.0 Å². The summed E-state index contributed by atoms with van der Waals surface area (Å²) in [5.74, 6) is -1.26. The van der Waals surface area contributed by atoms with Crippen LogP contribution < -0.4 is 14.4 Å². The van der Waals surface area contributed by atoms with Crippen molar-refractivity contribution in [1.82, 2.24) is 10.2 Å². The molecule has 1 atom stereocenters. The number of ether oxygens (including phenoxy) is 1. The number of benzene rings is 4. The lowest BCUT2D eigenvalue weighted by Crippen LogP contribution is -2.54. The van der Waals surface area contributed by atoms with Crippen LogP contribution in [0.15, 0.2) is 102 Å². The molecule has 0 aliphatic heterocycles. The number of hydrogen-bond donors (Lipinski definition) is 1. The minimum absolute atomic E-state index is 0.0515. The van der Waals surface area contributed by atoms with Gasteiger partial charge in [-0.15, -0.1) is 0 Å². The second kappa shape index (κ2) is 16.1. The minimum Gasteiger partial charge on any atom is -0.494 e. The Hall–Kier alpha value is -4.12. The van der Waals surface area contributed by atoms with Gasteiger partial charge in [-0.2, -0.15) is 0 Å². The van der Waals surface area contributed by atoms with E-state index in [4.69, 9.17) is 27.9 Å². The van der Waals surface area contributed by atoms with E-state index >= 15 is 0 Å². The van der Waals surface area contributed by atoms with E-state index in [0.717, 1.165) is 22.0 Å². The first-order valence-corrected chi connectivity index (χ1v) is 17.2. The number of amides is 2. The average molecular weight is 701 g/mol. The van der Waals surface area contributed by atoms with Crippen LogP contribution in [0.25, 0.3) is 0 Å². The quantitative estimate of drug-likeness (QED) is 0.155. The maximum Gasteiger partial charge on any atom is 0.264 e. The summed E-state index contributed by atoms with van der Waals surface area (Å²) < 4.78 is 48.6. The van der Waals surface area contributed by atoms with Crippen LogP contribution in [0.5, 0.6) is 5.75 Å². The van der Waals surface area contributed by atoms with Crippen LogP contribution in [0.2, 0.25) is 10.0 Å². The number of carbonyl (C=O) groups is 2. The van der Waals surface area contributed by atoms with E-state index in [1.165, 1.54) is 41.3 Å². The fraction of sp³-hybridized carbons (Fsp3) is 0.257. The van der Waals surface area contributed by atoms with Gasteiger partial charge < -0.3 is 15.0 Å². The molecule has 47 heavy (non-hydrogen) atoms. The lowest BCUT2D eigenvalue weighted by Gasteiger charge is -2.34. The summed E-state index contributed by atoms with van der Waals surface area (Å²) in [6, 6.07) is 23.3. The number of halogens is 3. The molecule has 4 aromatic rings. The average Bonchev–Trinajstić information content (AvgIpc) is 3.03. The van der Waals surface area contributed by atoms with E-state index in [9.17, 15) is 22.4 Å². The highest BCUT2D eigenvalue weighted by Gasteiger charge is 2.35. The molecule has 0 saturated heterocycles. The van der Waals surface area contributed by atoms with Crippen LogP contribution in [0.3, 0.4) is 0 Å². The Balaban J connectivity index is 1.82. The summed E-state index contributed by atoms with van der Waals surface area (Å²) in [7, 11) is -4.39. The van der Waals surface area contributed by atoms with Gasteiger partial charge in [0.2, 0.25) is 11.8 Å². The molecule has 0 aliphatic rings. The number of carbonyl (C=O) groups excluding carboxylic acids is 2. The van der Waals surface area contributed by atoms with Crippen LogP contribution >= 0.6 is 23.2 Å². The molecule has 248 valence electrons. The van der Waals surface area contributed by atoms with Crippen molar-refractivity contribution >= 4 is 50.7 Å². The number of sulfonamides is 1. The molecule has 0 aliphatic carbocycles. The maximum atomic E-state index is 14.5. The molecule has 12 heteroatoms. The first kappa shape index (κ1) is 35.7. The number of nitrogens with zero attached hydrogens (tertiary/aromatic N) is 2. The Bertz CT molecular complexity index is 1750. The van der Waals surface area contributed by atoms with Crippen LogP contribution in [0, 0.1) is 5.82 Å². The standard InChI is InChI=1S/C35H36Cl2FN3O5S/c1-4-46-28-17-19-29(20-18-28)47(44,45)41(27-15-13-26(38)14-16-27)23-34(42)40(22-30-31(36)11-8-12-32(30)37)33(35(43)39-24(2)3)21-25-9-6-5-7-10-25/h5-20,24,33H,4,21-23H2,1-3H3,(H,39,43). The van der Waals surface area contributed by atoms with Crippen molar-refractivity contribution in [2.45, 2.75) is 50.7 Å². The van der Waals surface area contributed by atoms with E-state index in [2.05, 4.69) is 5.32 Å². The van der Waals surface area contributed by atoms with Crippen LogP contribution in [0.4, 0.5) is 10.1 Å². The summed E-state index contributed by atoms with van der Waals surface area (Å²) >= 11 is 13.1. The fourth-order valence-electron chi connectivity index (χ4n) is 4.93. The number of anilines is 1.